The number of carbonyl (C=O) groups excluding carboxylic acids is 3. The fraction of sp³-hybridized carbons (Fsp3) is 0.562. The Morgan fingerprint density at radius 3 is 2.62 bits per heavy atom. The van der Waals surface area contributed by atoms with Gasteiger partial charge in [0.2, 0.25) is 0 Å². The first-order chi connectivity index (χ1) is 9.97. The summed E-state index contributed by atoms with van der Waals surface area (Å²) >= 11 is 0. The minimum absolute atomic E-state index is 0.0676. The van der Waals surface area contributed by atoms with Gasteiger partial charge in [0.05, 0.1) is 24.5 Å². The monoisotopic (exact) mass is 292 g/mol. The Bertz CT molecular complexity index is 527. The van der Waals surface area contributed by atoms with Gasteiger partial charge in [0.15, 0.2) is 11.6 Å². The first-order valence-electron chi connectivity index (χ1n) is 7.36. The Morgan fingerprint density at radius 1 is 1.10 bits per heavy atom. The quantitative estimate of drug-likeness (QED) is 0.548. The number of rotatable bonds is 0. The van der Waals surface area contributed by atoms with Crippen LogP contribution in [0.4, 0.5) is 0 Å². The van der Waals surface area contributed by atoms with Crippen molar-refractivity contribution in [3.05, 3.63) is 23.0 Å². The predicted molar refractivity (Wildman–Crippen MR) is 75.6 cm³/mol. The van der Waals surface area contributed by atoms with Crippen molar-refractivity contribution in [2.45, 2.75) is 58.0 Å². The normalized spacial score (nSPS) is 25.5. The van der Waals surface area contributed by atoms with Crippen LogP contribution in [0, 0.1) is 0 Å². The molecule has 0 fully saturated rings. The van der Waals surface area contributed by atoms with E-state index in [0.717, 1.165) is 25.7 Å². The lowest BCUT2D eigenvalue weighted by Crippen LogP contribution is -2.22. The molecule has 2 rings (SSSR count). The lowest BCUT2D eigenvalue weighted by atomic mass is 9.88. The maximum absolute atomic E-state index is 12.2. The van der Waals surface area contributed by atoms with Crippen molar-refractivity contribution in [1.82, 2.24) is 0 Å². The molecule has 2 aliphatic rings. The predicted octanol–water partition coefficient (Wildman–Crippen LogP) is 2.55. The van der Waals surface area contributed by atoms with Gasteiger partial charge >= 0.3 is 5.97 Å². The van der Waals surface area contributed by atoms with Crippen LogP contribution in [0.1, 0.15) is 51.9 Å². The van der Waals surface area contributed by atoms with Crippen molar-refractivity contribution in [3.63, 3.8) is 0 Å². The van der Waals surface area contributed by atoms with E-state index in [-0.39, 0.29) is 41.6 Å². The van der Waals surface area contributed by atoms with E-state index in [9.17, 15) is 19.5 Å². The average molecular weight is 292 g/mol. The van der Waals surface area contributed by atoms with Gasteiger partial charge in [-0.3, -0.25) is 14.4 Å². The molecule has 0 aromatic heterocycles. The van der Waals surface area contributed by atoms with E-state index in [1.807, 2.05) is 6.92 Å². The van der Waals surface area contributed by atoms with Crippen molar-refractivity contribution < 1.29 is 24.2 Å². The summed E-state index contributed by atoms with van der Waals surface area (Å²) in [7, 11) is 0. The summed E-state index contributed by atoms with van der Waals surface area (Å²) in [5.74, 6) is -1.23. The minimum Gasteiger partial charge on any atom is -0.512 e. The van der Waals surface area contributed by atoms with Gasteiger partial charge in [-0.05, 0) is 37.8 Å². The average Bonchev–Trinajstić information content (AvgIpc) is 2.35. The standard InChI is InChI=1S/C16H20O5/c1-10-5-3-2-4-6-13(18)16-11(8-15(20)21-10)7-12(17)9-14(16)19/h7,10,17H,2-6,8-9H2,1H3. The summed E-state index contributed by atoms with van der Waals surface area (Å²) in [6.07, 6.45) is 4.42. The van der Waals surface area contributed by atoms with E-state index in [4.69, 9.17) is 4.74 Å². The van der Waals surface area contributed by atoms with Crippen molar-refractivity contribution in [3.8, 4) is 0 Å². The number of hydrogen-bond donors (Lipinski definition) is 1. The van der Waals surface area contributed by atoms with Gasteiger partial charge in [-0.25, -0.2) is 0 Å². The van der Waals surface area contributed by atoms with Crippen LogP contribution in [0.25, 0.3) is 0 Å². The number of Topliss-reactive ketones (excluding diaryl/α,β-unsaturated/α-hetero) is 2. The number of hydrogen-bond acceptors (Lipinski definition) is 5. The molecule has 1 aliphatic carbocycles. The molecule has 0 aromatic carbocycles. The molecule has 1 atom stereocenters. The third kappa shape index (κ3) is 4.03. The summed E-state index contributed by atoms with van der Waals surface area (Å²) in [6, 6.07) is 0. The van der Waals surface area contributed by atoms with E-state index < -0.39 is 11.8 Å². The number of aliphatic hydroxyl groups is 1. The molecule has 1 heterocycles. The van der Waals surface area contributed by atoms with Crippen LogP contribution in [0.15, 0.2) is 23.0 Å². The second kappa shape index (κ2) is 6.70. The second-order valence-electron chi connectivity index (χ2n) is 5.64. The number of ketones is 2. The molecule has 0 radical (unpaired) electrons. The molecule has 1 aliphatic heterocycles. The largest absolute Gasteiger partial charge is 0.512 e. The first-order valence-corrected chi connectivity index (χ1v) is 7.36. The maximum Gasteiger partial charge on any atom is 0.310 e. The smallest absolute Gasteiger partial charge is 0.310 e. The van der Waals surface area contributed by atoms with E-state index in [0.29, 0.717) is 6.42 Å². The Morgan fingerprint density at radius 2 is 1.86 bits per heavy atom. The Hall–Kier alpha value is -1.91. The molecule has 0 amide bonds. The summed E-state index contributed by atoms with van der Waals surface area (Å²) in [6.45, 7) is 1.84. The third-order valence-electron chi connectivity index (χ3n) is 3.74. The first kappa shape index (κ1) is 15.5. The zero-order chi connectivity index (χ0) is 15.4. The lowest BCUT2D eigenvalue weighted by Gasteiger charge is -2.18. The topological polar surface area (TPSA) is 80.7 Å². The second-order valence-corrected chi connectivity index (χ2v) is 5.64. The molecule has 0 saturated heterocycles. The molecule has 0 saturated carbocycles. The molecular formula is C16H20O5. The number of cyclic esters (lactones) is 1. The summed E-state index contributed by atoms with van der Waals surface area (Å²) in [4.78, 5) is 36.1. The summed E-state index contributed by atoms with van der Waals surface area (Å²) in [5, 5.41) is 9.57. The van der Waals surface area contributed by atoms with Gasteiger partial charge in [-0.1, -0.05) is 6.42 Å². The van der Waals surface area contributed by atoms with Crippen LogP contribution in [0.2, 0.25) is 0 Å². The van der Waals surface area contributed by atoms with Gasteiger partial charge in [0.1, 0.15) is 5.76 Å². The molecule has 114 valence electrons. The van der Waals surface area contributed by atoms with Crippen molar-refractivity contribution in [1.29, 1.82) is 0 Å². The van der Waals surface area contributed by atoms with Crippen LogP contribution < -0.4 is 0 Å². The van der Waals surface area contributed by atoms with E-state index in [1.54, 1.807) is 0 Å². The molecule has 0 bridgehead atoms. The van der Waals surface area contributed by atoms with E-state index >= 15 is 0 Å². The fourth-order valence-electron chi connectivity index (χ4n) is 2.73. The van der Waals surface area contributed by atoms with Gasteiger partial charge in [0.25, 0.3) is 0 Å². The van der Waals surface area contributed by atoms with Crippen LogP contribution in [0.3, 0.4) is 0 Å². The highest BCUT2D eigenvalue weighted by Crippen LogP contribution is 2.26. The molecule has 21 heavy (non-hydrogen) atoms. The van der Waals surface area contributed by atoms with Crippen molar-refractivity contribution in [2.24, 2.45) is 0 Å². The highest BCUT2D eigenvalue weighted by molar-refractivity contribution is 6.22. The van der Waals surface area contributed by atoms with Gasteiger partial charge < -0.3 is 9.84 Å². The molecule has 0 aromatic rings. The minimum atomic E-state index is -0.470. The molecule has 0 spiro atoms. The maximum atomic E-state index is 12.2. The zero-order valence-electron chi connectivity index (χ0n) is 12.2. The molecule has 5 nitrogen and oxygen atoms in total. The Labute approximate surface area is 123 Å². The van der Waals surface area contributed by atoms with Crippen LogP contribution in [0.5, 0.6) is 0 Å². The Balaban J connectivity index is 2.32. The van der Waals surface area contributed by atoms with E-state index in [1.165, 1.54) is 6.08 Å². The molecule has 1 N–H and O–H groups in total. The van der Waals surface area contributed by atoms with Gasteiger partial charge in [-0.2, -0.15) is 0 Å². The summed E-state index contributed by atoms with van der Waals surface area (Å²) in [5.41, 5.74) is 0.351. The lowest BCUT2D eigenvalue weighted by molar-refractivity contribution is -0.147. The van der Waals surface area contributed by atoms with Crippen LogP contribution in [-0.4, -0.2) is 28.7 Å². The summed E-state index contributed by atoms with van der Waals surface area (Å²) < 4.78 is 5.27. The number of carbonyl (C=O) groups is 3. The van der Waals surface area contributed by atoms with Crippen molar-refractivity contribution >= 4 is 17.5 Å². The number of esters is 1. The SMILES string of the molecule is CC1CCCCCC(=O)C2=C(C=C(O)CC2=O)CC(=O)O1. The number of ether oxygens (including phenoxy) is 1. The highest BCUT2D eigenvalue weighted by atomic mass is 16.5. The Kier molecular flexibility index (Phi) is 4.94. The molecule has 1 unspecified atom stereocenters. The van der Waals surface area contributed by atoms with Crippen molar-refractivity contribution in [2.75, 3.05) is 0 Å². The number of allylic oxidation sites excluding steroid dienone is 3. The van der Waals surface area contributed by atoms with Crippen LogP contribution >= 0.6 is 0 Å². The molecular weight excluding hydrogens is 272 g/mol. The van der Waals surface area contributed by atoms with E-state index in [2.05, 4.69) is 0 Å². The van der Waals surface area contributed by atoms with Crippen LogP contribution in [-0.2, 0) is 19.1 Å². The fourth-order valence-corrected chi connectivity index (χ4v) is 2.73. The van der Waals surface area contributed by atoms with Gasteiger partial charge in [0, 0.05) is 6.42 Å². The third-order valence-corrected chi connectivity index (χ3v) is 3.74. The van der Waals surface area contributed by atoms with Gasteiger partial charge in [-0.15, -0.1) is 0 Å². The number of aliphatic hydroxyl groups excluding tert-OH is 1. The molecule has 5 heteroatoms. The zero-order valence-corrected chi connectivity index (χ0v) is 12.2. The highest BCUT2D eigenvalue weighted by Gasteiger charge is 2.28.